The Bertz CT molecular complexity index is 290. The van der Waals surface area contributed by atoms with E-state index in [9.17, 15) is 4.79 Å². The van der Waals surface area contributed by atoms with E-state index in [2.05, 4.69) is 26.1 Å². The summed E-state index contributed by atoms with van der Waals surface area (Å²) in [5, 5.41) is 3.59. The van der Waals surface area contributed by atoms with E-state index in [1.807, 2.05) is 14.1 Å². The first-order chi connectivity index (χ1) is 9.43. The summed E-state index contributed by atoms with van der Waals surface area (Å²) in [5.74, 6) is 0.708. The minimum Gasteiger partial charge on any atom is -0.378 e. The summed E-state index contributed by atoms with van der Waals surface area (Å²) in [6.45, 7) is 7.34. The Morgan fingerprint density at radius 1 is 1.40 bits per heavy atom. The number of carbonyl (C=O) groups excluding carboxylic acids is 1. The van der Waals surface area contributed by atoms with E-state index in [-0.39, 0.29) is 11.9 Å². The highest BCUT2D eigenvalue weighted by Gasteiger charge is 2.28. The lowest BCUT2D eigenvalue weighted by molar-refractivity contribution is -0.132. The van der Waals surface area contributed by atoms with Crippen molar-refractivity contribution in [2.75, 3.05) is 20.7 Å². The second kappa shape index (κ2) is 8.63. The number of carbonyl (C=O) groups is 1. The summed E-state index contributed by atoms with van der Waals surface area (Å²) >= 11 is 0. The molecule has 1 aliphatic rings. The average molecular weight is 284 g/mol. The van der Waals surface area contributed by atoms with Crippen molar-refractivity contribution in [3.63, 3.8) is 0 Å². The molecule has 0 aromatic carbocycles. The van der Waals surface area contributed by atoms with Crippen LogP contribution in [0.3, 0.4) is 0 Å². The van der Waals surface area contributed by atoms with Crippen molar-refractivity contribution in [1.29, 1.82) is 0 Å². The first-order valence-corrected chi connectivity index (χ1v) is 8.02. The number of rotatable bonds is 7. The van der Waals surface area contributed by atoms with E-state index >= 15 is 0 Å². The quantitative estimate of drug-likeness (QED) is 0.780. The van der Waals surface area contributed by atoms with Crippen molar-refractivity contribution in [1.82, 2.24) is 10.2 Å². The molecule has 1 amide bonds. The van der Waals surface area contributed by atoms with Crippen molar-refractivity contribution >= 4 is 5.91 Å². The fourth-order valence-corrected chi connectivity index (χ4v) is 2.86. The lowest BCUT2D eigenvalue weighted by Crippen LogP contribution is -2.51. The van der Waals surface area contributed by atoms with Gasteiger partial charge in [-0.25, -0.2) is 0 Å². The fourth-order valence-electron chi connectivity index (χ4n) is 2.86. The van der Waals surface area contributed by atoms with Gasteiger partial charge in [0.2, 0.25) is 5.91 Å². The number of amides is 1. The van der Waals surface area contributed by atoms with Gasteiger partial charge in [-0.1, -0.05) is 27.2 Å². The maximum Gasteiger partial charge on any atom is 0.239 e. The molecule has 0 bridgehead atoms. The van der Waals surface area contributed by atoms with Crippen LogP contribution in [0.25, 0.3) is 0 Å². The third kappa shape index (κ3) is 5.80. The first-order valence-electron chi connectivity index (χ1n) is 8.02. The van der Waals surface area contributed by atoms with Crippen LogP contribution in [0, 0.1) is 5.92 Å². The number of nitrogens with zero attached hydrogens (tertiary/aromatic N) is 1. The molecule has 1 rings (SSSR count). The molecule has 4 heteroatoms. The van der Waals surface area contributed by atoms with Crippen LogP contribution >= 0.6 is 0 Å². The monoisotopic (exact) mass is 284 g/mol. The lowest BCUT2D eigenvalue weighted by Gasteiger charge is -2.34. The van der Waals surface area contributed by atoms with Crippen LogP contribution in [0.5, 0.6) is 0 Å². The maximum atomic E-state index is 12.3. The molecule has 0 radical (unpaired) electrons. The van der Waals surface area contributed by atoms with Crippen LogP contribution in [0.15, 0.2) is 0 Å². The minimum atomic E-state index is -0.0598. The highest BCUT2D eigenvalue weighted by atomic mass is 16.5. The number of nitrogens with one attached hydrogen (secondary N) is 1. The molecule has 4 nitrogen and oxygen atoms in total. The Balaban J connectivity index is 2.57. The molecule has 3 atom stereocenters. The maximum absolute atomic E-state index is 12.3. The molecule has 20 heavy (non-hydrogen) atoms. The number of hydrogen-bond acceptors (Lipinski definition) is 3. The number of hydrogen-bond donors (Lipinski definition) is 1. The van der Waals surface area contributed by atoms with Crippen molar-refractivity contribution in [3.8, 4) is 0 Å². The standard InChI is InChI=1S/C16H32N2O2/c1-6-7-14-11-13(8-9-20-14)17-15(10-12(2)3)16(19)18(4)5/h12-15,17H,6-11H2,1-5H3. The van der Waals surface area contributed by atoms with E-state index in [1.165, 1.54) is 0 Å². The van der Waals surface area contributed by atoms with Crippen LogP contribution in [-0.2, 0) is 9.53 Å². The number of likely N-dealkylation sites (N-methyl/N-ethyl adjacent to an activating group) is 1. The van der Waals surface area contributed by atoms with Gasteiger partial charge in [-0.2, -0.15) is 0 Å². The second-order valence-electron chi connectivity index (χ2n) is 6.58. The van der Waals surface area contributed by atoms with Crippen LogP contribution in [-0.4, -0.2) is 49.7 Å². The molecule has 0 saturated carbocycles. The predicted molar refractivity (Wildman–Crippen MR) is 82.7 cm³/mol. The molecule has 0 aromatic heterocycles. The smallest absolute Gasteiger partial charge is 0.239 e. The predicted octanol–water partition coefficient (Wildman–Crippen LogP) is 2.43. The van der Waals surface area contributed by atoms with Gasteiger partial charge in [0.25, 0.3) is 0 Å². The molecule has 3 unspecified atom stereocenters. The van der Waals surface area contributed by atoms with E-state index in [0.717, 1.165) is 38.7 Å². The SMILES string of the molecule is CCCC1CC(NC(CC(C)C)C(=O)N(C)C)CCO1. The van der Waals surface area contributed by atoms with E-state index in [4.69, 9.17) is 4.74 Å². The molecule has 0 aliphatic carbocycles. The zero-order chi connectivity index (χ0) is 15.1. The normalized spacial score (nSPS) is 24.7. The van der Waals surface area contributed by atoms with Crippen molar-refractivity contribution < 1.29 is 9.53 Å². The average Bonchev–Trinajstić information content (AvgIpc) is 2.37. The van der Waals surface area contributed by atoms with E-state index in [1.54, 1.807) is 4.90 Å². The summed E-state index contributed by atoms with van der Waals surface area (Å²) in [7, 11) is 3.67. The molecule has 1 N–H and O–H groups in total. The second-order valence-corrected chi connectivity index (χ2v) is 6.58. The van der Waals surface area contributed by atoms with Gasteiger partial charge in [0.05, 0.1) is 12.1 Å². The molecule has 118 valence electrons. The van der Waals surface area contributed by atoms with Crippen LogP contribution in [0.2, 0.25) is 0 Å². The summed E-state index contributed by atoms with van der Waals surface area (Å²) in [4.78, 5) is 14.0. The van der Waals surface area contributed by atoms with Gasteiger partial charge in [-0.3, -0.25) is 4.79 Å². The zero-order valence-electron chi connectivity index (χ0n) is 13.8. The van der Waals surface area contributed by atoms with Gasteiger partial charge in [-0.05, 0) is 31.6 Å². The molecule has 1 saturated heterocycles. The van der Waals surface area contributed by atoms with Gasteiger partial charge in [-0.15, -0.1) is 0 Å². The Morgan fingerprint density at radius 3 is 2.65 bits per heavy atom. The topological polar surface area (TPSA) is 41.6 Å². The third-order valence-corrected chi connectivity index (χ3v) is 3.86. The molecule has 0 aromatic rings. The van der Waals surface area contributed by atoms with E-state index < -0.39 is 0 Å². The van der Waals surface area contributed by atoms with Crippen molar-refractivity contribution in [3.05, 3.63) is 0 Å². The first kappa shape index (κ1) is 17.4. The lowest BCUT2D eigenvalue weighted by atomic mass is 9.96. The molecular formula is C16H32N2O2. The highest BCUT2D eigenvalue weighted by molar-refractivity contribution is 5.81. The van der Waals surface area contributed by atoms with Crippen molar-refractivity contribution in [2.45, 2.75) is 71.1 Å². The largest absolute Gasteiger partial charge is 0.378 e. The Morgan fingerprint density at radius 2 is 2.10 bits per heavy atom. The van der Waals surface area contributed by atoms with Crippen LogP contribution < -0.4 is 5.32 Å². The van der Waals surface area contributed by atoms with E-state index in [0.29, 0.717) is 18.1 Å². The van der Waals surface area contributed by atoms with Crippen molar-refractivity contribution in [2.24, 2.45) is 5.92 Å². The van der Waals surface area contributed by atoms with Gasteiger partial charge >= 0.3 is 0 Å². The third-order valence-electron chi connectivity index (χ3n) is 3.86. The Kier molecular flexibility index (Phi) is 7.52. The molecule has 1 fully saturated rings. The molecule has 1 heterocycles. The molecular weight excluding hydrogens is 252 g/mol. The Hall–Kier alpha value is -0.610. The summed E-state index contributed by atoms with van der Waals surface area (Å²) in [5.41, 5.74) is 0. The zero-order valence-corrected chi connectivity index (χ0v) is 13.8. The summed E-state index contributed by atoms with van der Waals surface area (Å²) in [6, 6.07) is 0.350. The van der Waals surface area contributed by atoms with Gasteiger partial charge < -0.3 is 15.0 Å². The molecule has 0 spiro atoms. The minimum absolute atomic E-state index is 0.0598. The van der Waals surface area contributed by atoms with Gasteiger partial charge in [0.1, 0.15) is 0 Å². The Labute approximate surface area is 124 Å². The van der Waals surface area contributed by atoms with Crippen LogP contribution in [0.4, 0.5) is 0 Å². The highest BCUT2D eigenvalue weighted by Crippen LogP contribution is 2.19. The molecule has 1 aliphatic heterocycles. The van der Waals surface area contributed by atoms with Gasteiger partial charge in [0.15, 0.2) is 0 Å². The van der Waals surface area contributed by atoms with Crippen LogP contribution in [0.1, 0.15) is 52.9 Å². The van der Waals surface area contributed by atoms with Gasteiger partial charge in [0, 0.05) is 26.7 Å². The fraction of sp³-hybridized carbons (Fsp3) is 0.938. The summed E-state index contributed by atoms with van der Waals surface area (Å²) in [6.07, 6.45) is 5.57. The summed E-state index contributed by atoms with van der Waals surface area (Å²) < 4.78 is 5.78. The number of ether oxygens (including phenoxy) is 1.